The van der Waals surface area contributed by atoms with Crippen molar-refractivity contribution in [1.82, 2.24) is 5.32 Å². The average Bonchev–Trinajstić information content (AvgIpc) is 2.51. The summed E-state index contributed by atoms with van der Waals surface area (Å²) in [5.74, 6) is -0.283. The van der Waals surface area contributed by atoms with Gasteiger partial charge in [-0.3, -0.25) is 14.5 Å². The van der Waals surface area contributed by atoms with Crippen molar-refractivity contribution in [2.24, 2.45) is 0 Å². The standard InChI is InChI=1S/C16H13BrN2O2/c17-12-6-8-13(9-7-12)19-14(20)10-18-16(21)15(19)11-4-2-1-3-5-11/h1-9,15H,10H2,(H,18,21). The zero-order chi connectivity index (χ0) is 14.8. The van der Waals surface area contributed by atoms with Crippen molar-refractivity contribution in [3.8, 4) is 0 Å². The SMILES string of the molecule is O=C1NCC(=O)N(c2ccc(Br)cc2)C1c1ccccc1. The van der Waals surface area contributed by atoms with Crippen molar-refractivity contribution >= 4 is 33.4 Å². The first-order chi connectivity index (χ1) is 10.2. The molecule has 1 saturated heterocycles. The third-order valence-electron chi connectivity index (χ3n) is 3.41. The third kappa shape index (κ3) is 2.69. The largest absolute Gasteiger partial charge is 0.345 e. The van der Waals surface area contributed by atoms with Crippen LogP contribution in [0.2, 0.25) is 0 Å². The molecule has 1 atom stereocenters. The van der Waals surface area contributed by atoms with Crippen LogP contribution in [0.3, 0.4) is 0 Å². The molecule has 106 valence electrons. The van der Waals surface area contributed by atoms with Gasteiger partial charge in [-0.1, -0.05) is 46.3 Å². The Labute approximate surface area is 130 Å². The predicted molar refractivity (Wildman–Crippen MR) is 83.8 cm³/mol. The molecule has 1 unspecified atom stereocenters. The van der Waals surface area contributed by atoms with Gasteiger partial charge in [0.2, 0.25) is 11.8 Å². The number of nitrogens with zero attached hydrogens (tertiary/aromatic N) is 1. The quantitative estimate of drug-likeness (QED) is 0.910. The molecule has 2 amide bonds. The maximum Gasteiger partial charge on any atom is 0.248 e. The van der Waals surface area contributed by atoms with Gasteiger partial charge in [-0.05, 0) is 29.8 Å². The van der Waals surface area contributed by atoms with Crippen molar-refractivity contribution in [2.75, 3.05) is 11.4 Å². The van der Waals surface area contributed by atoms with Gasteiger partial charge in [0, 0.05) is 10.2 Å². The normalized spacial score (nSPS) is 18.5. The highest BCUT2D eigenvalue weighted by Crippen LogP contribution is 2.30. The van der Waals surface area contributed by atoms with Gasteiger partial charge in [-0.15, -0.1) is 0 Å². The average molecular weight is 345 g/mol. The molecule has 0 spiro atoms. The molecule has 3 rings (SSSR count). The Hall–Kier alpha value is -2.14. The van der Waals surface area contributed by atoms with Gasteiger partial charge in [-0.25, -0.2) is 0 Å². The number of anilines is 1. The van der Waals surface area contributed by atoms with E-state index in [9.17, 15) is 9.59 Å². The monoisotopic (exact) mass is 344 g/mol. The molecule has 4 nitrogen and oxygen atoms in total. The Morgan fingerprint density at radius 3 is 2.33 bits per heavy atom. The molecular weight excluding hydrogens is 332 g/mol. The summed E-state index contributed by atoms with van der Waals surface area (Å²) in [7, 11) is 0. The van der Waals surface area contributed by atoms with Crippen molar-refractivity contribution in [1.29, 1.82) is 0 Å². The minimum absolute atomic E-state index is 0.0260. The van der Waals surface area contributed by atoms with E-state index in [-0.39, 0.29) is 18.4 Å². The van der Waals surface area contributed by atoms with Crippen LogP contribution >= 0.6 is 15.9 Å². The fourth-order valence-corrected chi connectivity index (χ4v) is 2.70. The van der Waals surface area contributed by atoms with Crippen LogP contribution in [0.5, 0.6) is 0 Å². The Kier molecular flexibility index (Phi) is 3.75. The Bertz CT molecular complexity index is 670. The summed E-state index contributed by atoms with van der Waals surface area (Å²) in [6.45, 7) is 0.0260. The predicted octanol–water partition coefficient (Wildman–Crippen LogP) is 2.65. The summed E-state index contributed by atoms with van der Waals surface area (Å²) >= 11 is 3.37. The van der Waals surface area contributed by atoms with E-state index in [2.05, 4.69) is 21.2 Å². The molecule has 1 fully saturated rings. The van der Waals surface area contributed by atoms with Crippen LogP contribution in [-0.2, 0) is 9.59 Å². The van der Waals surface area contributed by atoms with E-state index >= 15 is 0 Å². The zero-order valence-electron chi connectivity index (χ0n) is 11.1. The van der Waals surface area contributed by atoms with Crippen LogP contribution in [0.25, 0.3) is 0 Å². The summed E-state index contributed by atoms with van der Waals surface area (Å²) in [5.41, 5.74) is 1.51. The summed E-state index contributed by atoms with van der Waals surface area (Å²) in [5, 5.41) is 2.65. The van der Waals surface area contributed by atoms with E-state index in [0.717, 1.165) is 10.0 Å². The molecule has 1 N–H and O–H groups in total. The van der Waals surface area contributed by atoms with Crippen LogP contribution < -0.4 is 10.2 Å². The lowest BCUT2D eigenvalue weighted by Crippen LogP contribution is -2.53. The zero-order valence-corrected chi connectivity index (χ0v) is 12.7. The Morgan fingerprint density at radius 2 is 1.67 bits per heavy atom. The summed E-state index contributed by atoms with van der Waals surface area (Å²) in [6, 6.07) is 16.1. The molecule has 2 aromatic rings. The topological polar surface area (TPSA) is 49.4 Å². The second kappa shape index (κ2) is 5.69. The lowest BCUT2D eigenvalue weighted by atomic mass is 10.0. The molecule has 0 bridgehead atoms. The van der Waals surface area contributed by atoms with Gasteiger partial charge in [0.15, 0.2) is 0 Å². The van der Waals surface area contributed by atoms with Crippen LogP contribution in [0, 0.1) is 0 Å². The summed E-state index contributed by atoms with van der Waals surface area (Å²) in [6.07, 6.45) is 0. The second-order valence-corrected chi connectivity index (χ2v) is 5.69. The molecule has 21 heavy (non-hydrogen) atoms. The summed E-state index contributed by atoms with van der Waals surface area (Å²) < 4.78 is 0.927. The highest BCUT2D eigenvalue weighted by atomic mass is 79.9. The molecule has 2 aromatic carbocycles. The highest BCUT2D eigenvalue weighted by molar-refractivity contribution is 9.10. The molecule has 1 aliphatic rings. The number of hydrogen-bond acceptors (Lipinski definition) is 2. The first-order valence-electron chi connectivity index (χ1n) is 6.57. The number of carbonyl (C=O) groups excluding carboxylic acids is 2. The van der Waals surface area contributed by atoms with Gasteiger partial charge in [0.25, 0.3) is 0 Å². The van der Waals surface area contributed by atoms with Crippen molar-refractivity contribution in [3.63, 3.8) is 0 Å². The first-order valence-corrected chi connectivity index (χ1v) is 7.36. The second-order valence-electron chi connectivity index (χ2n) is 4.77. The molecule has 0 aromatic heterocycles. The number of halogens is 1. The molecular formula is C16H13BrN2O2. The van der Waals surface area contributed by atoms with E-state index in [0.29, 0.717) is 5.69 Å². The van der Waals surface area contributed by atoms with Gasteiger partial charge in [0.05, 0.1) is 6.54 Å². The number of hydrogen-bond donors (Lipinski definition) is 1. The fraction of sp³-hybridized carbons (Fsp3) is 0.125. The van der Waals surface area contributed by atoms with E-state index in [1.807, 2.05) is 54.6 Å². The van der Waals surface area contributed by atoms with Gasteiger partial charge in [-0.2, -0.15) is 0 Å². The Morgan fingerprint density at radius 1 is 1.00 bits per heavy atom. The van der Waals surface area contributed by atoms with E-state index < -0.39 is 6.04 Å². The number of carbonyl (C=O) groups is 2. The summed E-state index contributed by atoms with van der Waals surface area (Å²) in [4.78, 5) is 26.1. The maximum atomic E-state index is 12.3. The van der Waals surface area contributed by atoms with Crippen LogP contribution in [0.1, 0.15) is 11.6 Å². The lowest BCUT2D eigenvalue weighted by Gasteiger charge is -2.35. The molecule has 0 radical (unpaired) electrons. The fourth-order valence-electron chi connectivity index (χ4n) is 2.44. The molecule has 5 heteroatoms. The molecule has 1 heterocycles. The first kappa shape index (κ1) is 13.8. The highest BCUT2D eigenvalue weighted by Gasteiger charge is 2.36. The van der Waals surface area contributed by atoms with Gasteiger partial charge >= 0.3 is 0 Å². The number of piperazine rings is 1. The lowest BCUT2D eigenvalue weighted by molar-refractivity contribution is -0.131. The van der Waals surface area contributed by atoms with Gasteiger partial charge in [0.1, 0.15) is 6.04 Å². The number of nitrogens with one attached hydrogen (secondary N) is 1. The maximum absolute atomic E-state index is 12.3. The smallest absolute Gasteiger partial charge is 0.248 e. The molecule has 1 aliphatic heterocycles. The number of amides is 2. The van der Waals surface area contributed by atoms with E-state index in [1.54, 1.807) is 4.90 Å². The van der Waals surface area contributed by atoms with Crippen molar-refractivity contribution < 1.29 is 9.59 Å². The number of rotatable bonds is 2. The number of benzene rings is 2. The third-order valence-corrected chi connectivity index (χ3v) is 3.94. The molecule has 0 saturated carbocycles. The minimum Gasteiger partial charge on any atom is -0.345 e. The molecule has 0 aliphatic carbocycles. The van der Waals surface area contributed by atoms with Crippen molar-refractivity contribution in [3.05, 3.63) is 64.6 Å². The van der Waals surface area contributed by atoms with Gasteiger partial charge < -0.3 is 5.32 Å². The van der Waals surface area contributed by atoms with E-state index in [1.165, 1.54) is 0 Å². The van der Waals surface area contributed by atoms with Crippen LogP contribution in [-0.4, -0.2) is 18.4 Å². The minimum atomic E-state index is -0.631. The Balaban J connectivity index is 2.06. The van der Waals surface area contributed by atoms with Crippen molar-refractivity contribution in [2.45, 2.75) is 6.04 Å². The van der Waals surface area contributed by atoms with Crippen LogP contribution in [0.15, 0.2) is 59.1 Å². The van der Waals surface area contributed by atoms with E-state index in [4.69, 9.17) is 0 Å². The van der Waals surface area contributed by atoms with Crippen LogP contribution in [0.4, 0.5) is 5.69 Å².